The normalized spacial score (nSPS) is 20.2. The molecule has 1 unspecified atom stereocenters. The molecule has 3 nitrogen and oxygen atoms in total. The van der Waals surface area contributed by atoms with Gasteiger partial charge < -0.3 is 10.1 Å². The van der Waals surface area contributed by atoms with E-state index in [1.54, 1.807) is 0 Å². The van der Waals surface area contributed by atoms with Crippen molar-refractivity contribution in [3.63, 3.8) is 0 Å². The van der Waals surface area contributed by atoms with Gasteiger partial charge in [0.1, 0.15) is 0 Å². The summed E-state index contributed by atoms with van der Waals surface area (Å²) in [6, 6.07) is 4.55. The van der Waals surface area contributed by atoms with Crippen LogP contribution in [0.2, 0.25) is 0 Å². The molecule has 1 aliphatic heterocycles. The summed E-state index contributed by atoms with van der Waals surface area (Å²) < 4.78 is 5.29. The van der Waals surface area contributed by atoms with E-state index in [0.29, 0.717) is 18.5 Å². The molecule has 1 aromatic rings. The smallest absolute Gasteiger partial charge is 0.213 e. The summed E-state index contributed by atoms with van der Waals surface area (Å²) >= 11 is 2.01. The van der Waals surface area contributed by atoms with E-state index in [-0.39, 0.29) is 0 Å². The number of ether oxygens (including phenoxy) is 1. The zero-order chi connectivity index (χ0) is 10.5. The van der Waals surface area contributed by atoms with Crippen LogP contribution in [0.3, 0.4) is 0 Å². The minimum atomic E-state index is 0.606. The quantitative estimate of drug-likeness (QED) is 0.851. The molecule has 1 saturated heterocycles. The third-order valence-electron chi connectivity index (χ3n) is 2.33. The molecular formula is C11H16N2OS. The van der Waals surface area contributed by atoms with Crippen LogP contribution in [0.5, 0.6) is 5.88 Å². The first-order chi connectivity index (χ1) is 7.38. The molecule has 82 valence electrons. The molecular weight excluding hydrogens is 208 g/mol. The Morgan fingerprint density at radius 1 is 1.60 bits per heavy atom. The molecule has 1 aliphatic rings. The Kier molecular flexibility index (Phi) is 3.72. The topological polar surface area (TPSA) is 34.1 Å². The summed E-state index contributed by atoms with van der Waals surface area (Å²) in [4.78, 5) is 4.22. The van der Waals surface area contributed by atoms with Gasteiger partial charge in [-0.2, -0.15) is 11.8 Å². The molecule has 0 spiro atoms. The van der Waals surface area contributed by atoms with Crippen molar-refractivity contribution in [3.8, 4) is 5.88 Å². The van der Waals surface area contributed by atoms with E-state index >= 15 is 0 Å². The third kappa shape index (κ3) is 3.02. The number of pyridine rings is 1. The number of anilines is 1. The second-order valence-electron chi connectivity index (χ2n) is 3.52. The first kappa shape index (κ1) is 10.6. The minimum Gasteiger partial charge on any atom is -0.478 e. The first-order valence-electron chi connectivity index (χ1n) is 5.31. The number of nitrogens with one attached hydrogen (secondary N) is 1. The van der Waals surface area contributed by atoms with Gasteiger partial charge in [0.2, 0.25) is 5.88 Å². The average Bonchev–Trinajstić information content (AvgIpc) is 2.74. The molecule has 4 heteroatoms. The molecule has 2 rings (SSSR count). The van der Waals surface area contributed by atoms with E-state index in [1.165, 1.54) is 17.9 Å². The lowest BCUT2D eigenvalue weighted by Crippen LogP contribution is -2.18. The summed E-state index contributed by atoms with van der Waals surface area (Å²) in [6.07, 6.45) is 3.09. The standard InChI is InChI=1S/C11H16N2OS/c1-2-14-11-4-3-9(7-12-11)13-10-5-6-15-8-10/h3-4,7,10,13H,2,5-6,8H2,1H3. The monoisotopic (exact) mass is 224 g/mol. The summed E-state index contributed by atoms with van der Waals surface area (Å²) in [7, 11) is 0. The van der Waals surface area contributed by atoms with Crippen molar-refractivity contribution < 1.29 is 4.74 Å². The highest BCUT2D eigenvalue weighted by atomic mass is 32.2. The zero-order valence-corrected chi connectivity index (χ0v) is 9.72. The Hall–Kier alpha value is -0.900. The molecule has 2 heterocycles. The Labute approximate surface area is 94.6 Å². The highest BCUT2D eigenvalue weighted by molar-refractivity contribution is 7.99. The molecule has 0 saturated carbocycles. The number of thioether (sulfide) groups is 1. The highest BCUT2D eigenvalue weighted by Crippen LogP contribution is 2.21. The van der Waals surface area contributed by atoms with Gasteiger partial charge in [0.25, 0.3) is 0 Å². The van der Waals surface area contributed by atoms with Crippen LogP contribution in [-0.2, 0) is 0 Å². The van der Waals surface area contributed by atoms with E-state index < -0.39 is 0 Å². The van der Waals surface area contributed by atoms with E-state index in [2.05, 4.69) is 10.3 Å². The third-order valence-corrected chi connectivity index (χ3v) is 3.49. The lowest BCUT2D eigenvalue weighted by atomic mass is 10.2. The lowest BCUT2D eigenvalue weighted by Gasteiger charge is -2.12. The fourth-order valence-corrected chi connectivity index (χ4v) is 2.74. The van der Waals surface area contributed by atoms with Crippen LogP contribution in [0.15, 0.2) is 18.3 Å². The Balaban J connectivity index is 1.91. The first-order valence-corrected chi connectivity index (χ1v) is 6.47. The SMILES string of the molecule is CCOc1ccc(NC2CCSC2)cn1. The van der Waals surface area contributed by atoms with Crippen LogP contribution in [0.1, 0.15) is 13.3 Å². The van der Waals surface area contributed by atoms with E-state index in [1.807, 2.05) is 37.0 Å². The maximum Gasteiger partial charge on any atom is 0.213 e. The fraction of sp³-hybridized carbons (Fsp3) is 0.545. The molecule has 1 atom stereocenters. The number of aromatic nitrogens is 1. The summed E-state index contributed by atoms with van der Waals surface area (Å²) in [5, 5.41) is 3.47. The average molecular weight is 224 g/mol. The van der Waals surface area contributed by atoms with Crippen molar-refractivity contribution in [1.82, 2.24) is 4.98 Å². The Morgan fingerprint density at radius 2 is 2.53 bits per heavy atom. The second-order valence-corrected chi connectivity index (χ2v) is 4.67. The van der Waals surface area contributed by atoms with E-state index in [0.717, 1.165) is 5.69 Å². The van der Waals surface area contributed by atoms with Crippen molar-refractivity contribution in [2.45, 2.75) is 19.4 Å². The molecule has 0 bridgehead atoms. The number of hydrogen-bond donors (Lipinski definition) is 1. The predicted molar refractivity (Wildman–Crippen MR) is 64.8 cm³/mol. The largest absolute Gasteiger partial charge is 0.478 e. The van der Waals surface area contributed by atoms with Gasteiger partial charge in [-0.15, -0.1) is 0 Å². The molecule has 1 aromatic heterocycles. The van der Waals surface area contributed by atoms with Gasteiger partial charge in [0.15, 0.2) is 0 Å². The van der Waals surface area contributed by atoms with Crippen LogP contribution in [-0.4, -0.2) is 29.1 Å². The van der Waals surface area contributed by atoms with Crippen LogP contribution in [0, 0.1) is 0 Å². The molecule has 0 aromatic carbocycles. The molecule has 0 radical (unpaired) electrons. The van der Waals surface area contributed by atoms with Crippen molar-refractivity contribution >= 4 is 17.4 Å². The van der Waals surface area contributed by atoms with Crippen LogP contribution >= 0.6 is 11.8 Å². The van der Waals surface area contributed by atoms with Gasteiger partial charge >= 0.3 is 0 Å². The van der Waals surface area contributed by atoms with Gasteiger partial charge in [-0.05, 0) is 25.2 Å². The van der Waals surface area contributed by atoms with Gasteiger partial charge in [-0.1, -0.05) is 0 Å². The van der Waals surface area contributed by atoms with Crippen molar-refractivity contribution in [2.75, 3.05) is 23.4 Å². The van der Waals surface area contributed by atoms with E-state index in [4.69, 9.17) is 4.74 Å². The molecule has 1 fully saturated rings. The van der Waals surface area contributed by atoms with Crippen molar-refractivity contribution in [2.24, 2.45) is 0 Å². The zero-order valence-electron chi connectivity index (χ0n) is 8.90. The van der Waals surface area contributed by atoms with Crippen LogP contribution < -0.4 is 10.1 Å². The predicted octanol–water partition coefficient (Wildman–Crippen LogP) is 2.40. The van der Waals surface area contributed by atoms with Gasteiger partial charge in [-0.3, -0.25) is 0 Å². The lowest BCUT2D eigenvalue weighted by molar-refractivity contribution is 0.327. The molecule has 0 aliphatic carbocycles. The second kappa shape index (κ2) is 5.26. The molecule has 1 N–H and O–H groups in total. The van der Waals surface area contributed by atoms with Crippen LogP contribution in [0.25, 0.3) is 0 Å². The Morgan fingerprint density at radius 3 is 3.13 bits per heavy atom. The van der Waals surface area contributed by atoms with Gasteiger partial charge in [0, 0.05) is 17.9 Å². The highest BCUT2D eigenvalue weighted by Gasteiger charge is 2.14. The molecule has 15 heavy (non-hydrogen) atoms. The minimum absolute atomic E-state index is 0.606. The number of rotatable bonds is 4. The number of nitrogens with zero attached hydrogens (tertiary/aromatic N) is 1. The van der Waals surface area contributed by atoms with Crippen molar-refractivity contribution in [1.29, 1.82) is 0 Å². The summed E-state index contributed by atoms with van der Waals surface area (Å²) in [6.45, 7) is 2.63. The maximum atomic E-state index is 5.29. The van der Waals surface area contributed by atoms with Crippen LogP contribution in [0.4, 0.5) is 5.69 Å². The summed E-state index contributed by atoms with van der Waals surface area (Å²) in [5.74, 6) is 3.17. The fourth-order valence-electron chi connectivity index (χ4n) is 1.58. The van der Waals surface area contributed by atoms with E-state index in [9.17, 15) is 0 Å². The maximum absolute atomic E-state index is 5.29. The van der Waals surface area contributed by atoms with Gasteiger partial charge in [0.05, 0.1) is 18.5 Å². The number of hydrogen-bond acceptors (Lipinski definition) is 4. The Bertz CT molecular complexity index is 296. The van der Waals surface area contributed by atoms with Gasteiger partial charge in [-0.25, -0.2) is 4.98 Å². The summed E-state index contributed by atoms with van der Waals surface area (Å²) in [5.41, 5.74) is 1.09. The van der Waals surface area contributed by atoms with Crippen molar-refractivity contribution in [3.05, 3.63) is 18.3 Å². The molecule has 0 amide bonds.